The van der Waals surface area contributed by atoms with E-state index < -0.39 is 37.4 Å². The zero-order chi connectivity index (χ0) is 11.4. The fourth-order valence-corrected chi connectivity index (χ4v) is 0.573. The van der Waals surface area contributed by atoms with Gasteiger partial charge >= 0.3 is 6.18 Å². The van der Waals surface area contributed by atoms with E-state index in [4.69, 9.17) is 10.2 Å². The van der Waals surface area contributed by atoms with E-state index in [1.54, 1.807) is 0 Å². The standard InChI is InChI=1S/C6H11F3N2O3/c7-6(8,9)4(13)2-11-1-3(12)5(10)14/h3-4,11-13H,1-2H2,(H2,10,14). The Bertz CT molecular complexity index is 197. The summed E-state index contributed by atoms with van der Waals surface area (Å²) in [5, 5.41) is 19.2. The van der Waals surface area contributed by atoms with Gasteiger partial charge in [0, 0.05) is 13.1 Å². The molecule has 5 nitrogen and oxygen atoms in total. The van der Waals surface area contributed by atoms with E-state index in [1.807, 2.05) is 0 Å². The third kappa shape index (κ3) is 5.00. The van der Waals surface area contributed by atoms with E-state index in [2.05, 4.69) is 11.1 Å². The molecule has 0 saturated carbocycles. The summed E-state index contributed by atoms with van der Waals surface area (Å²) < 4.78 is 35.1. The molecule has 2 atom stereocenters. The van der Waals surface area contributed by atoms with Crippen molar-refractivity contribution in [1.82, 2.24) is 5.32 Å². The number of carbonyl (C=O) groups is 1. The lowest BCUT2D eigenvalue weighted by atomic mass is 10.3. The minimum Gasteiger partial charge on any atom is -0.382 e. The van der Waals surface area contributed by atoms with Crippen molar-refractivity contribution in [2.75, 3.05) is 13.1 Å². The Morgan fingerprint density at radius 3 is 2.21 bits per heavy atom. The maximum atomic E-state index is 11.7. The Labute approximate surface area is 77.7 Å². The monoisotopic (exact) mass is 216 g/mol. The SMILES string of the molecule is NC(=O)C(O)CNCC(O)C(F)(F)F. The first-order chi connectivity index (χ1) is 6.25. The van der Waals surface area contributed by atoms with Crippen molar-refractivity contribution in [3.63, 3.8) is 0 Å². The predicted octanol–water partition coefficient (Wildman–Crippen LogP) is -1.65. The molecule has 0 aliphatic rings. The number of carbonyl (C=O) groups excluding carboxylic acids is 1. The molecule has 8 heteroatoms. The first-order valence-electron chi connectivity index (χ1n) is 3.68. The number of nitrogens with one attached hydrogen (secondary N) is 1. The number of aliphatic hydroxyl groups is 2. The normalized spacial score (nSPS) is 16.4. The van der Waals surface area contributed by atoms with Crippen LogP contribution in [0.3, 0.4) is 0 Å². The van der Waals surface area contributed by atoms with E-state index in [9.17, 15) is 18.0 Å². The summed E-state index contributed by atoms with van der Waals surface area (Å²) in [5.41, 5.74) is 4.62. The molecule has 0 aliphatic heterocycles. The number of halogens is 3. The van der Waals surface area contributed by atoms with Gasteiger partial charge < -0.3 is 21.3 Å². The fraction of sp³-hybridized carbons (Fsp3) is 0.833. The molecule has 0 rings (SSSR count). The third-order valence-electron chi connectivity index (χ3n) is 1.38. The highest BCUT2D eigenvalue weighted by Gasteiger charge is 2.37. The van der Waals surface area contributed by atoms with Crippen LogP contribution >= 0.6 is 0 Å². The van der Waals surface area contributed by atoms with Gasteiger partial charge in [0.25, 0.3) is 0 Å². The highest BCUT2D eigenvalue weighted by atomic mass is 19.4. The van der Waals surface area contributed by atoms with Crippen molar-refractivity contribution in [3.8, 4) is 0 Å². The molecular formula is C6H11F3N2O3. The zero-order valence-corrected chi connectivity index (χ0v) is 7.08. The van der Waals surface area contributed by atoms with Gasteiger partial charge in [-0.1, -0.05) is 0 Å². The lowest BCUT2D eigenvalue weighted by Gasteiger charge is -2.15. The third-order valence-corrected chi connectivity index (χ3v) is 1.38. The first-order valence-corrected chi connectivity index (χ1v) is 3.68. The minimum absolute atomic E-state index is 0.428. The molecule has 1 amide bonds. The second-order valence-corrected chi connectivity index (χ2v) is 2.63. The summed E-state index contributed by atoms with van der Waals surface area (Å²) in [5.74, 6) is -1.04. The van der Waals surface area contributed by atoms with Crippen molar-refractivity contribution in [1.29, 1.82) is 0 Å². The topological polar surface area (TPSA) is 95.6 Å². The second kappa shape index (κ2) is 5.13. The van der Waals surface area contributed by atoms with Crippen LogP contribution in [0.1, 0.15) is 0 Å². The molecule has 0 bridgehead atoms. The molecule has 0 heterocycles. The lowest BCUT2D eigenvalue weighted by molar-refractivity contribution is -0.201. The van der Waals surface area contributed by atoms with Gasteiger partial charge in [-0.05, 0) is 0 Å². The molecule has 0 fully saturated rings. The zero-order valence-electron chi connectivity index (χ0n) is 7.08. The number of amides is 1. The van der Waals surface area contributed by atoms with Crippen LogP contribution in [-0.2, 0) is 4.79 Å². The molecule has 0 aromatic carbocycles. The van der Waals surface area contributed by atoms with Gasteiger partial charge in [-0.2, -0.15) is 13.2 Å². The van der Waals surface area contributed by atoms with Gasteiger partial charge in [-0.15, -0.1) is 0 Å². The maximum absolute atomic E-state index is 11.7. The predicted molar refractivity (Wildman–Crippen MR) is 40.1 cm³/mol. The number of hydrogen-bond acceptors (Lipinski definition) is 4. The number of aliphatic hydroxyl groups excluding tert-OH is 2. The van der Waals surface area contributed by atoms with E-state index >= 15 is 0 Å². The molecule has 0 aromatic heterocycles. The number of alkyl halides is 3. The van der Waals surface area contributed by atoms with Crippen LogP contribution in [0.5, 0.6) is 0 Å². The molecule has 0 saturated heterocycles. The van der Waals surface area contributed by atoms with Crippen molar-refractivity contribution in [3.05, 3.63) is 0 Å². The molecule has 0 aromatic rings. The molecule has 0 radical (unpaired) electrons. The van der Waals surface area contributed by atoms with Crippen LogP contribution in [0.4, 0.5) is 13.2 Å². The van der Waals surface area contributed by atoms with E-state index in [0.717, 1.165) is 0 Å². The minimum atomic E-state index is -4.72. The highest BCUT2D eigenvalue weighted by Crippen LogP contribution is 2.18. The van der Waals surface area contributed by atoms with Crippen LogP contribution in [0, 0.1) is 0 Å². The van der Waals surface area contributed by atoms with Gasteiger partial charge in [0.2, 0.25) is 5.91 Å². The largest absolute Gasteiger partial charge is 0.415 e. The molecule has 2 unspecified atom stereocenters. The summed E-state index contributed by atoms with van der Waals surface area (Å²) >= 11 is 0. The second-order valence-electron chi connectivity index (χ2n) is 2.63. The van der Waals surface area contributed by atoms with Crippen molar-refractivity contribution in [2.45, 2.75) is 18.4 Å². The highest BCUT2D eigenvalue weighted by molar-refractivity contribution is 5.78. The summed E-state index contributed by atoms with van der Waals surface area (Å²) in [6.45, 7) is -1.23. The molecule has 14 heavy (non-hydrogen) atoms. The van der Waals surface area contributed by atoms with Crippen LogP contribution in [-0.4, -0.2) is 47.6 Å². The average Bonchev–Trinajstić information content (AvgIpc) is 2.01. The first kappa shape index (κ1) is 13.1. The van der Waals surface area contributed by atoms with E-state index in [1.165, 1.54) is 0 Å². The number of hydrogen-bond donors (Lipinski definition) is 4. The van der Waals surface area contributed by atoms with Gasteiger partial charge in [0.15, 0.2) is 6.10 Å². The molecule has 0 aliphatic carbocycles. The van der Waals surface area contributed by atoms with Gasteiger partial charge in [-0.3, -0.25) is 4.79 Å². The Morgan fingerprint density at radius 1 is 1.36 bits per heavy atom. The quantitative estimate of drug-likeness (QED) is 0.442. The Balaban J connectivity index is 3.70. The Kier molecular flexibility index (Phi) is 4.81. The summed E-state index contributed by atoms with van der Waals surface area (Å²) in [6.07, 6.45) is -8.80. The number of nitrogens with two attached hydrogens (primary N) is 1. The maximum Gasteiger partial charge on any atom is 0.415 e. The average molecular weight is 216 g/mol. The van der Waals surface area contributed by atoms with Gasteiger partial charge in [0.05, 0.1) is 0 Å². The van der Waals surface area contributed by atoms with Crippen LogP contribution < -0.4 is 11.1 Å². The summed E-state index contributed by atoms with van der Waals surface area (Å²) in [6, 6.07) is 0. The smallest absolute Gasteiger partial charge is 0.382 e. The molecular weight excluding hydrogens is 205 g/mol. The number of rotatable bonds is 5. The fourth-order valence-electron chi connectivity index (χ4n) is 0.573. The summed E-state index contributed by atoms with van der Waals surface area (Å²) in [7, 11) is 0. The van der Waals surface area contributed by atoms with Crippen LogP contribution in [0.2, 0.25) is 0 Å². The Morgan fingerprint density at radius 2 is 1.86 bits per heavy atom. The van der Waals surface area contributed by atoms with Crippen molar-refractivity contribution >= 4 is 5.91 Å². The van der Waals surface area contributed by atoms with Crippen LogP contribution in [0.15, 0.2) is 0 Å². The van der Waals surface area contributed by atoms with Crippen molar-refractivity contribution < 1.29 is 28.2 Å². The summed E-state index contributed by atoms with van der Waals surface area (Å²) in [4.78, 5) is 10.2. The van der Waals surface area contributed by atoms with E-state index in [-0.39, 0.29) is 0 Å². The van der Waals surface area contributed by atoms with Gasteiger partial charge in [-0.25, -0.2) is 0 Å². The molecule has 84 valence electrons. The van der Waals surface area contributed by atoms with Crippen LogP contribution in [0.25, 0.3) is 0 Å². The van der Waals surface area contributed by atoms with Gasteiger partial charge in [0.1, 0.15) is 6.10 Å². The molecule has 5 N–H and O–H groups in total. The van der Waals surface area contributed by atoms with Crippen molar-refractivity contribution in [2.24, 2.45) is 5.73 Å². The molecule has 0 spiro atoms. The number of primary amides is 1. The van der Waals surface area contributed by atoms with E-state index in [0.29, 0.717) is 0 Å². The lowest BCUT2D eigenvalue weighted by Crippen LogP contribution is -2.43. The Hall–Kier alpha value is -0.860.